The van der Waals surface area contributed by atoms with E-state index < -0.39 is 0 Å². The Kier molecular flexibility index (Phi) is 3.66. The van der Waals surface area contributed by atoms with Crippen LogP contribution < -0.4 is 10.3 Å². The maximum Gasteiger partial charge on any atom is 0.258 e. The summed E-state index contributed by atoms with van der Waals surface area (Å²) in [7, 11) is 1.59. The largest absolute Gasteiger partial charge is 0.476 e. The lowest BCUT2D eigenvalue weighted by Gasteiger charge is -2.06. The Labute approximate surface area is 103 Å². The van der Waals surface area contributed by atoms with E-state index in [9.17, 15) is 4.79 Å². The number of fused-ring (bicyclic) bond motifs is 1. The van der Waals surface area contributed by atoms with Gasteiger partial charge in [-0.2, -0.15) is 0 Å². The third kappa shape index (κ3) is 2.60. The van der Waals surface area contributed by atoms with Crippen LogP contribution in [0.1, 0.15) is 0 Å². The van der Waals surface area contributed by atoms with Gasteiger partial charge in [-0.1, -0.05) is 17.7 Å². The van der Waals surface area contributed by atoms with Gasteiger partial charge < -0.3 is 9.47 Å². The molecule has 0 bridgehead atoms. The second kappa shape index (κ2) is 5.21. The van der Waals surface area contributed by atoms with Crippen LogP contribution in [0.2, 0.25) is 5.02 Å². The van der Waals surface area contributed by atoms with Gasteiger partial charge in [0.2, 0.25) is 0 Å². The Balaban J connectivity index is 2.40. The topological polar surface area (TPSA) is 51.3 Å². The van der Waals surface area contributed by atoms with E-state index in [1.807, 2.05) is 0 Å². The maximum absolute atomic E-state index is 11.8. The zero-order chi connectivity index (χ0) is 12.3. The molecular formula is C12H12ClNO3. The highest BCUT2D eigenvalue weighted by Gasteiger charge is 2.05. The van der Waals surface area contributed by atoms with Crippen molar-refractivity contribution < 1.29 is 9.47 Å². The SMILES string of the molecule is COCCOc1cc2c(Cl)cccc2c(=O)[nH]1. The van der Waals surface area contributed by atoms with Crippen LogP contribution in [0.15, 0.2) is 29.1 Å². The Morgan fingerprint density at radius 3 is 2.88 bits per heavy atom. The second-order valence-corrected chi connectivity index (χ2v) is 3.91. The van der Waals surface area contributed by atoms with E-state index in [2.05, 4.69) is 4.98 Å². The minimum absolute atomic E-state index is 0.211. The van der Waals surface area contributed by atoms with Gasteiger partial charge in [-0.25, -0.2) is 0 Å². The Morgan fingerprint density at radius 1 is 1.29 bits per heavy atom. The number of rotatable bonds is 4. The molecule has 1 heterocycles. The van der Waals surface area contributed by atoms with Crippen molar-refractivity contribution in [3.8, 4) is 5.88 Å². The molecule has 0 fully saturated rings. The van der Waals surface area contributed by atoms with Gasteiger partial charge >= 0.3 is 0 Å². The van der Waals surface area contributed by atoms with E-state index in [-0.39, 0.29) is 5.56 Å². The molecule has 0 aliphatic carbocycles. The van der Waals surface area contributed by atoms with Crippen LogP contribution in [0.3, 0.4) is 0 Å². The van der Waals surface area contributed by atoms with Crippen LogP contribution in [-0.4, -0.2) is 25.3 Å². The molecule has 4 nitrogen and oxygen atoms in total. The average molecular weight is 254 g/mol. The molecule has 0 radical (unpaired) electrons. The van der Waals surface area contributed by atoms with Gasteiger partial charge in [-0.15, -0.1) is 0 Å². The number of benzene rings is 1. The van der Waals surface area contributed by atoms with Crippen molar-refractivity contribution in [3.05, 3.63) is 39.6 Å². The van der Waals surface area contributed by atoms with Gasteiger partial charge in [0, 0.05) is 29.0 Å². The highest BCUT2D eigenvalue weighted by atomic mass is 35.5. The molecule has 0 saturated heterocycles. The van der Waals surface area contributed by atoms with Crippen molar-refractivity contribution in [3.63, 3.8) is 0 Å². The Bertz CT molecular complexity index is 579. The van der Waals surface area contributed by atoms with Crippen molar-refractivity contribution in [2.24, 2.45) is 0 Å². The average Bonchev–Trinajstić information content (AvgIpc) is 2.31. The number of aromatic amines is 1. The number of hydrogen-bond acceptors (Lipinski definition) is 3. The molecule has 0 aliphatic heterocycles. The van der Waals surface area contributed by atoms with Crippen LogP contribution in [0.25, 0.3) is 10.8 Å². The highest BCUT2D eigenvalue weighted by molar-refractivity contribution is 6.35. The molecule has 0 saturated carbocycles. The smallest absolute Gasteiger partial charge is 0.258 e. The lowest BCUT2D eigenvalue weighted by Crippen LogP contribution is -2.11. The molecule has 90 valence electrons. The molecule has 0 spiro atoms. The van der Waals surface area contributed by atoms with Gasteiger partial charge in [0.25, 0.3) is 5.56 Å². The standard InChI is InChI=1S/C12H12ClNO3/c1-16-5-6-17-11-7-9-8(12(15)14-11)3-2-4-10(9)13/h2-4,7H,5-6H2,1H3,(H,14,15). The predicted octanol–water partition coefficient (Wildman–Crippen LogP) is 2.21. The van der Waals surface area contributed by atoms with Crippen LogP contribution >= 0.6 is 11.6 Å². The van der Waals surface area contributed by atoms with Gasteiger partial charge in [-0.3, -0.25) is 9.78 Å². The molecule has 1 aromatic carbocycles. The quantitative estimate of drug-likeness (QED) is 0.850. The Morgan fingerprint density at radius 2 is 2.12 bits per heavy atom. The summed E-state index contributed by atoms with van der Waals surface area (Å²) < 4.78 is 10.2. The van der Waals surface area contributed by atoms with Crippen LogP contribution in [0, 0.1) is 0 Å². The monoisotopic (exact) mass is 253 g/mol. The number of halogens is 1. The molecule has 2 aromatic rings. The zero-order valence-electron chi connectivity index (χ0n) is 9.33. The van der Waals surface area contributed by atoms with E-state index in [4.69, 9.17) is 21.1 Å². The van der Waals surface area contributed by atoms with E-state index in [0.717, 1.165) is 0 Å². The summed E-state index contributed by atoms with van der Waals surface area (Å²) in [6.45, 7) is 0.838. The van der Waals surface area contributed by atoms with Gasteiger partial charge in [0.05, 0.1) is 6.61 Å². The molecule has 0 unspecified atom stereocenters. The zero-order valence-corrected chi connectivity index (χ0v) is 10.1. The molecule has 1 aromatic heterocycles. The number of methoxy groups -OCH3 is 1. The third-order valence-corrected chi connectivity index (χ3v) is 2.68. The van der Waals surface area contributed by atoms with E-state index in [1.165, 1.54) is 0 Å². The number of hydrogen-bond donors (Lipinski definition) is 1. The molecule has 0 atom stereocenters. The summed E-state index contributed by atoms with van der Waals surface area (Å²) >= 11 is 6.03. The number of aromatic nitrogens is 1. The first-order chi connectivity index (χ1) is 8.22. The van der Waals surface area contributed by atoms with Crippen molar-refractivity contribution in [1.29, 1.82) is 0 Å². The first kappa shape index (κ1) is 12.0. The predicted molar refractivity (Wildman–Crippen MR) is 66.9 cm³/mol. The first-order valence-corrected chi connectivity index (χ1v) is 5.53. The number of ether oxygens (including phenoxy) is 2. The van der Waals surface area contributed by atoms with E-state index in [0.29, 0.717) is 34.9 Å². The summed E-state index contributed by atoms with van der Waals surface area (Å²) in [4.78, 5) is 14.4. The van der Waals surface area contributed by atoms with Crippen LogP contribution in [-0.2, 0) is 4.74 Å². The number of H-pyrrole nitrogens is 1. The van der Waals surface area contributed by atoms with Crippen molar-refractivity contribution in [2.45, 2.75) is 0 Å². The van der Waals surface area contributed by atoms with E-state index >= 15 is 0 Å². The molecular weight excluding hydrogens is 242 g/mol. The lowest BCUT2D eigenvalue weighted by molar-refractivity contribution is 0.143. The van der Waals surface area contributed by atoms with Gasteiger partial charge in [-0.05, 0) is 12.1 Å². The normalized spacial score (nSPS) is 10.7. The molecule has 1 N–H and O–H groups in total. The van der Waals surface area contributed by atoms with Crippen LogP contribution in [0.4, 0.5) is 0 Å². The molecule has 5 heteroatoms. The third-order valence-electron chi connectivity index (χ3n) is 2.35. The minimum atomic E-state index is -0.211. The van der Waals surface area contributed by atoms with Gasteiger partial charge in [0.15, 0.2) is 5.88 Å². The van der Waals surface area contributed by atoms with Crippen LogP contribution in [0.5, 0.6) is 5.88 Å². The number of pyridine rings is 1. The lowest BCUT2D eigenvalue weighted by atomic mass is 10.2. The molecule has 0 amide bonds. The summed E-state index contributed by atoms with van der Waals surface area (Å²) in [5.41, 5.74) is -0.211. The molecule has 2 rings (SSSR count). The van der Waals surface area contributed by atoms with Gasteiger partial charge in [0.1, 0.15) is 6.61 Å². The minimum Gasteiger partial charge on any atom is -0.476 e. The summed E-state index contributed by atoms with van der Waals surface area (Å²) in [6.07, 6.45) is 0. The maximum atomic E-state index is 11.8. The molecule has 0 aliphatic rings. The van der Waals surface area contributed by atoms with Crippen molar-refractivity contribution in [1.82, 2.24) is 4.98 Å². The molecule has 17 heavy (non-hydrogen) atoms. The van der Waals surface area contributed by atoms with E-state index in [1.54, 1.807) is 31.4 Å². The summed E-state index contributed by atoms with van der Waals surface area (Å²) in [5, 5.41) is 1.77. The van der Waals surface area contributed by atoms with Crippen molar-refractivity contribution >= 4 is 22.4 Å². The summed E-state index contributed by atoms with van der Waals surface area (Å²) in [6, 6.07) is 6.92. The Hall–Kier alpha value is -1.52. The number of nitrogens with one attached hydrogen (secondary N) is 1. The summed E-state index contributed by atoms with van der Waals surface area (Å²) in [5.74, 6) is 0.396. The fraction of sp³-hybridized carbons (Fsp3) is 0.250. The fourth-order valence-corrected chi connectivity index (χ4v) is 1.77. The highest BCUT2D eigenvalue weighted by Crippen LogP contribution is 2.23. The second-order valence-electron chi connectivity index (χ2n) is 3.51. The van der Waals surface area contributed by atoms with Crippen molar-refractivity contribution in [2.75, 3.05) is 20.3 Å². The fourth-order valence-electron chi connectivity index (χ4n) is 1.54. The first-order valence-electron chi connectivity index (χ1n) is 5.15.